The maximum Gasteiger partial charge on any atom is 0.222 e. The molecule has 1 rings (SSSR count). The van der Waals surface area contributed by atoms with Crippen LogP contribution in [0, 0.1) is 0 Å². The van der Waals surface area contributed by atoms with Crippen LogP contribution >= 0.6 is 0 Å². The van der Waals surface area contributed by atoms with Gasteiger partial charge in [-0.2, -0.15) is 0 Å². The Kier molecular flexibility index (Phi) is 5.18. The zero-order valence-electron chi connectivity index (χ0n) is 8.03. The van der Waals surface area contributed by atoms with Crippen LogP contribution in [0.2, 0.25) is 0 Å². The number of hydrogen-bond acceptors (Lipinski definition) is 4. The predicted molar refractivity (Wildman–Crippen MR) is 52.1 cm³/mol. The van der Waals surface area contributed by atoms with E-state index in [1.807, 2.05) is 13.8 Å². The molecule has 0 radical (unpaired) electrons. The van der Waals surface area contributed by atoms with Gasteiger partial charge in [-0.3, -0.25) is 4.79 Å². The van der Waals surface area contributed by atoms with Crippen molar-refractivity contribution in [2.75, 3.05) is 11.1 Å². The molecule has 1 aromatic heterocycles. The predicted octanol–water partition coefficient (Wildman–Crippen LogP) is 1.04. The van der Waals surface area contributed by atoms with Crippen molar-refractivity contribution in [3.8, 4) is 0 Å². The largest absolute Gasteiger partial charge is 0.384 e. The fraction of sp³-hybridized carbons (Fsp3) is 0.375. The molecule has 1 amide bonds. The highest BCUT2D eigenvalue weighted by atomic mass is 16.1. The van der Waals surface area contributed by atoms with E-state index in [4.69, 9.17) is 5.73 Å². The average molecular weight is 182 g/mol. The van der Waals surface area contributed by atoms with Crippen LogP contribution < -0.4 is 11.1 Å². The lowest BCUT2D eigenvalue weighted by atomic mass is 10.5. The van der Waals surface area contributed by atoms with Gasteiger partial charge in [0.05, 0.1) is 0 Å². The Balaban J connectivity index is 0.000000671. The number of carbonyl (C=O) groups is 1. The number of amides is 1. The second kappa shape index (κ2) is 5.93. The van der Waals surface area contributed by atoms with E-state index in [-0.39, 0.29) is 5.91 Å². The molecule has 72 valence electrons. The molecule has 0 unspecified atom stereocenters. The molecule has 5 heteroatoms. The highest BCUT2D eigenvalue weighted by molar-refractivity contribution is 5.87. The lowest BCUT2D eigenvalue weighted by molar-refractivity contribution is -0.114. The summed E-state index contributed by atoms with van der Waals surface area (Å²) in [7, 11) is 0. The fourth-order valence-electron chi connectivity index (χ4n) is 0.621. The van der Waals surface area contributed by atoms with Crippen molar-refractivity contribution in [2.45, 2.75) is 20.8 Å². The number of carbonyl (C=O) groups excluding carboxylic acids is 1. The molecule has 0 aliphatic rings. The first-order valence-corrected chi connectivity index (χ1v) is 4.03. The SMILES string of the molecule is CC.CC(=O)Nc1cc(N)ncn1. The summed E-state index contributed by atoms with van der Waals surface area (Å²) in [4.78, 5) is 17.9. The smallest absolute Gasteiger partial charge is 0.222 e. The van der Waals surface area contributed by atoms with Crippen molar-refractivity contribution in [3.63, 3.8) is 0 Å². The molecule has 0 aromatic carbocycles. The lowest BCUT2D eigenvalue weighted by Crippen LogP contribution is -2.08. The number of aromatic nitrogens is 2. The molecule has 1 heterocycles. The molecule has 5 nitrogen and oxygen atoms in total. The summed E-state index contributed by atoms with van der Waals surface area (Å²) in [5.74, 6) is 0.580. The van der Waals surface area contributed by atoms with Crippen LogP contribution in [0.15, 0.2) is 12.4 Å². The highest BCUT2D eigenvalue weighted by Gasteiger charge is 1.95. The molecular weight excluding hydrogens is 168 g/mol. The Bertz CT molecular complexity index is 275. The molecule has 0 saturated carbocycles. The third-order valence-electron chi connectivity index (χ3n) is 0.992. The quantitative estimate of drug-likeness (QED) is 0.680. The molecule has 0 atom stereocenters. The number of nitrogen functional groups attached to an aromatic ring is 1. The summed E-state index contributed by atoms with van der Waals surface area (Å²) in [5.41, 5.74) is 5.33. The normalized spacial score (nSPS) is 8.23. The summed E-state index contributed by atoms with van der Waals surface area (Å²) in [5, 5.41) is 2.48. The van der Waals surface area contributed by atoms with Crippen LogP contribution in [-0.4, -0.2) is 15.9 Å². The number of nitrogens with one attached hydrogen (secondary N) is 1. The van der Waals surface area contributed by atoms with Crippen molar-refractivity contribution in [3.05, 3.63) is 12.4 Å². The van der Waals surface area contributed by atoms with E-state index in [2.05, 4.69) is 15.3 Å². The van der Waals surface area contributed by atoms with Gasteiger partial charge in [0.2, 0.25) is 5.91 Å². The van der Waals surface area contributed by atoms with Gasteiger partial charge in [0.1, 0.15) is 18.0 Å². The number of nitrogens with zero attached hydrogens (tertiary/aromatic N) is 2. The molecule has 0 aliphatic carbocycles. The first-order valence-electron chi connectivity index (χ1n) is 4.03. The van der Waals surface area contributed by atoms with Crippen molar-refractivity contribution in [1.29, 1.82) is 0 Å². The third kappa shape index (κ3) is 4.73. The van der Waals surface area contributed by atoms with Crippen molar-refractivity contribution in [2.24, 2.45) is 0 Å². The third-order valence-corrected chi connectivity index (χ3v) is 0.992. The fourth-order valence-corrected chi connectivity index (χ4v) is 0.621. The Hall–Kier alpha value is -1.65. The van der Waals surface area contributed by atoms with Crippen molar-refractivity contribution < 1.29 is 4.79 Å². The van der Waals surface area contributed by atoms with E-state index in [0.717, 1.165) is 0 Å². The summed E-state index contributed by atoms with van der Waals surface area (Å²) in [6.45, 7) is 5.40. The van der Waals surface area contributed by atoms with E-state index in [9.17, 15) is 4.79 Å². The maximum absolute atomic E-state index is 10.5. The topological polar surface area (TPSA) is 80.9 Å². The monoisotopic (exact) mass is 182 g/mol. The van der Waals surface area contributed by atoms with E-state index >= 15 is 0 Å². The second-order valence-corrected chi connectivity index (χ2v) is 2.01. The first kappa shape index (κ1) is 11.4. The molecule has 0 fully saturated rings. The lowest BCUT2D eigenvalue weighted by Gasteiger charge is -1.99. The minimum Gasteiger partial charge on any atom is -0.384 e. The van der Waals surface area contributed by atoms with Crippen molar-refractivity contribution >= 4 is 17.5 Å². The van der Waals surface area contributed by atoms with Gasteiger partial charge >= 0.3 is 0 Å². The van der Waals surface area contributed by atoms with Crippen LogP contribution in [0.1, 0.15) is 20.8 Å². The van der Waals surface area contributed by atoms with Gasteiger partial charge in [0.25, 0.3) is 0 Å². The summed E-state index contributed by atoms with van der Waals surface area (Å²) in [6.07, 6.45) is 1.29. The van der Waals surface area contributed by atoms with E-state index in [1.54, 1.807) is 0 Å². The molecule has 0 saturated heterocycles. The van der Waals surface area contributed by atoms with Gasteiger partial charge in [-0.05, 0) is 0 Å². The van der Waals surface area contributed by atoms with E-state index < -0.39 is 0 Å². The zero-order chi connectivity index (χ0) is 10.3. The standard InChI is InChI=1S/C6H8N4O.C2H6/c1-4(11)10-6-2-5(7)8-3-9-6;1-2/h2-3H,1H3,(H3,7,8,9,10,11);1-2H3. The van der Waals surface area contributed by atoms with Gasteiger partial charge in [0.15, 0.2) is 0 Å². The van der Waals surface area contributed by atoms with Crippen LogP contribution in [0.25, 0.3) is 0 Å². The van der Waals surface area contributed by atoms with Gasteiger partial charge in [-0.1, -0.05) is 13.8 Å². The molecule has 1 aromatic rings. The summed E-state index contributed by atoms with van der Waals surface area (Å²) >= 11 is 0. The average Bonchev–Trinajstić information content (AvgIpc) is 2.06. The highest BCUT2D eigenvalue weighted by Crippen LogP contribution is 2.03. The number of anilines is 2. The van der Waals surface area contributed by atoms with Gasteiger partial charge in [-0.15, -0.1) is 0 Å². The van der Waals surface area contributed by atoms with E-state index in [1.165, 1.54) is 19.3 Å². The summed E-state index contributed by atoms with van der Waals surface area (Å²) in [6, 6.07) is 1.49. The second-order valence-electron chi connectivity index (χ2n) is 2.01. The van der Waals surface area contributed by atoms with Crippen molar-refractivity contribution in [1.82, 2.24) is 9.97 Å². The molecule has 0 spiro atoms. The molecule has 0 bridgehead atoms. The molecule has 0 aliphatic heterocycles. The number of rotatable bonds is 1. The van der Waals surface area contributed by atoms with Crippen LogP contribution in [0.3, 0.4) is 0 Å². The Morgan fingerprint density at radius 1 is 1.46 bits per heavy atom. The van der Waals surface area contributed by atoms with Crippen LogP contribution in [-0.2, 0) is 4.79 Å². The number of hydrogen-bond donors (Lipinski definition) is 2. The zero-order valence-corrected chi connectivity index (χ0v) is 8.03. The van der Waals surface area contributed by atoms with Crippen LogP contribution in [0.5, 0.6) is 0 Å². The van der Waals surface area contributed by atoms with Gasteiger partial charge in [0, 0.05) is 13.0 Å². The van der Waals surface area contributed by atoms with E-state index in [0.29, 0.717) is 11.6 Å². The first-order chi connectivity index (χ1) is 6.18. The molecular formula is C8H14N4O. The Morgan fingerprint density at radius 3 is 2.54 bits per heavy atom. The molecule has 3 N–H and O–H groups in total. The minimum absolute atomic E-state index is 0.178. The maximum atomic E-state index is 10.5. The Morgan fingerprint density at radius 2 is 2.08 bits per heavy atom. The Labute approximate surface area is 77.4 Å². The molecule has 13 heavy (non-hydrogen) atoms. The van der Waals surface area contributed by atoms with Gasteiger partial charge < -0.3 is 11.1 Å². The minimum atomic E-state index is -0.178. The van der Waals surface area contributed by atoms with Crippen LogP contribution in [0.4, 0.5) is 11.6 Å². The summed E-state index contributed by atoms with van der Waals surface area (Å²) < 4.78 is 0. The van der Waals surface area contributed by atoms with Gasteiger partial charge in [-0.25, -0.2) is 9.97 Å². The number of nitrogens with two attached hydrogens (primary N) is 1.